The molecule has 1 aromatic rings. The fraction of sp³-hybridized carbons (Fsp3) is 0.556. The summed E-state index contributed by atoms with van der Waals surface area (Å²) in [4.78, 5) is 23.2. The van der Waals surface area contributed by atoms with Crippen LogP contribution < -0.4 is 5.32 Å². The van der Waals surface area contributed by atoms with Crippen LogP contribution in [0.5, 0.6) is 0 Å². The van der Waals surface area contributed by atoms with Crippen LogP contribution >= 0.6 is 0 Å². The Labute approximate surface area is 143 Å². The highest BCUT2D eigenvalue weighted by Crippen LogP contribution is 2.48. The Bertz CT molecular complexity index is 666. The molecule has 0 saturated heterocycles. The van der Waals surface area contributed by atoms with Gasteiger partial charge >= 0.3 is 12.1 Å². The standard InChI is InChI=1S/C18H20F3NO3/c19-18(20,21)12-3-1-2-11(8-12)14-9-15(14)16(23)22-13-6-4-10(5-7-13)17(24)25/h1-3,8,10,13-15H,4-7,9H2,(H,22,23)(H,24,25). The van der Waals surface area contributed by atoms with Crippen molar-refractivity contribution in [1.29, 1.82) is 0 Å². The fourth-order valence-electron chi connectivity index (χ4n) is 3.59. The van der Waals surface area contributed by atoms with Crippen molar-refractivity contribution in [3.05, 3.63) is 35.4 Å². The molecule has 25 heavy (non-hydrogen) atoms. The molecule has 7 heteroatoms. The molecule has 0 bridgehead atoms. The Balaban J connectivity index is 1.54. The second-order valence-corrected chi connectivity index (χ2v) is 6.97. The predicted molar refractivity (Wildman–Crippen MR) is 83.8 cm³/mol. The molecule has 2 unspecified atom stereocenters. The summed E-state index contributed by atoms with van der Waals surface area (Å²) >= 11 is 0. The van der Waals surface area contributed by atoms with Crippen LogP contribution in [0.25, 0.3) is 0 Å². The second kappa shape index (κ2) is 6.69. The van der Waals surface area contributed by atoms with E-state index < -0.39 is 17.7 Å². The number of halogens is 3. The van der Waals surface area contributed by atoms with Gasteiger partial charge in [-0.3, -0.25) is 9.59 Å². The topological polar surface area (TPSA) is 66.4 Å². The van der Waals surface area contributed by atoms with E-state index in [2.05, 4.69) is 5.32 Å². The highest BCUT2D eigenvalue weighted by molar-refractivity contribution is 5.83. The van der Waals surface area contributed by atoms with Crippen LogP contribution in [0, 0.1) is 11.8 Å². The van der Waals surface area contributed by atoms with Crippen LogP contribution in [0.4, 0.5) is 13.2 Å². The molecule has 0 heterocycles. The normalized spacial score (nSPS) is 29.1. The molecule has 0 aromatic heterocycles. The zero-order valence-corrected chi connectivity index (χ0v) is 13.6. The van der Waals surface area contributed by atoms with Crippen LogP contribution in [0.3, 0.4) is 0 Å². The Morgan fingerprint density at radius 1 is 1.12 bits per heavy atom. The van der Waals surface area contributed by atoms with Gasteiger partial charge in [-0.05, 0) is 49.7 Å². The van der Waals surface area contributed by atoms with Crippen molar-refractivity contribution in [2.75, 3.05) is 0 Å². The molecule has 4 nitrogen and oxygen atoms in total. The maximum atomic E-state index is 12.8. The van der Waals surface area contributed by atoms with Crippen molar-refractivity contribution in [1.82, 2.24) is 5.32 Å². The number of aliphatic carboxylic acids is 1. The second-order valence-electron chi connectivity index (χ2n) is 6.97. The summed E-state index contributed by atoms with van der Waals surface area (Å²) in [6, 6.07) is 5.12. The molecule has 2 saturated carbocycles. The van der Waals surface area contributed by atoms with E-state index in [0.717, 1.165) is 12.1 Å². The highest BCUT2D eigenvalue weighted by Gasteiger charge is 2.45. The van der Waals surface area contributed by atoms with Crippen LogP contribution in [0.15, 0.2) is 24.3 Å². The maximum absolute atomic E-state index is 12.8. The monoisotopic (exact) mass is 355 g/mol. The van der Waals surface area contributed by atoms with Gasteiger partial charge in [0.25, 0.3) is 0 Å². The first-order valence-corrected chi connectivity index (χ1v) is 8.46. The van der Waals surface area contributed by atoms with E-state index >= 15 is 0 Å². The zero-order valence-electron chi connectivity index (χ0n) is 13.6. The number of carbonyl (C=O) groups is 2. The van der Waals surface area contributed by atoms with Crippen molar-refractivity contribution < 1.29 is 27.9 Å². The van der Waals surface area contributed by atoms with Gasteiger partial charge in [0, 0.05) is 12.0 Å². The molecule has 0 aliphatic heterocycles. The first-order valence-electron chi connectivity index (χ1n) is 8.46. The summed E-state index contributed by atoms with van der Waals surface area (Å²) in [6.45, 7) is 0. The summed E-state index contributed by atoms with van der Waals surface area (Å²) in [7, 11) is 0. The lowest BCUT2D eigenvalue weighted by Gasteiger charge is -2.26. The number of carboxylic acid groups (broad SMARTS) is 1. The van der Waals surface area contributed by atoms with E-state index in [9.17, 15) is 22.8 Å². The number of rotatable bonds is 4. The maximum Gasteiger partial charge on any atom is 0.416 e. The third-order valence-electron chi connectivity index (χ3n) is 5.19. The fourth-order valence-corrected chi connectivity index (χ4v) is 3.59. The van der Waals surface area contributed by atoms with E-state index in [1.165, 1.54) is 6.07 Å². The van der Waals surface area contributed by atoms with Gasteiger partial charge in [-0.25, -0.2) is 0 Å². The average Bonchev–Trinajstić information content (AvgIpc) is 3.35. The molecular weight excluding hydrogens is 335 g/mol. The van der Waals surface area contributed by atoms with Gasteiger partial charge in [-0.2, -0.15) is 13.2 Å². The Morgan fingerprint density at radius 3 is 2.40 bits per heavy atom. The number of benzene rings is 1. The molecule has 3 rings (SSSR count). The minimum atomic E-state index is -4.38. The Hall–Kier alpha value is -2.05. The van der Waals surface area contributed by atoms with Crippen LogP contribution in [0.2, 0.25) is 0 Å². The van der Waals surface area contributed by atoms with Crippen molar-refractivity contribution in [2.45, 2.75) is 50.2 Å². The average molecular weight is 355 g/mol. The quantitative estimate of drug-likeness (QED) is 0.868. The SMILES string of the molecule is O=C(O)C1CCC(NC(=O)C2CC2c2cccc(C(F)(F)F)c2)CC1. The molecule has 2 N–H and O–H groups in total. The number of alkyl halides is 3. The number of nitrogens with one attached hydrogen (secondary N) is 1. The molecule has 136 valence electrons. The van der Waals surface area contributed by atoms with Crippen molar-refractivity contribution >= 4 is 11.9 Å². The molecule has 2 atom stereocenters. The number of carboxylic acids is 1. The first kappa shape index (κ1) is 17.8. The predicted octanol–water partition coefficient (Wildman–Crippen LogP) is 3.57. The lowest BCUT2D eigenvalue weighted by molar-refractivity contribution is -0.143. The van der Waals surface area contributed by atoms with Crippen LogP contribution in [-0.4, -0.2) is 23.0 Å². The Kier molecular flexibility index (Phi) is 4.75. The summed E-state index contributed by atoms with van der Waals surface area (Å²) in [6.07, 6.45) is -1.49. The summed E-state index contributed by atoms with van der Waals surface area (Å²) < 4.78 is 38.4. The van der Waals surface area contributed by atoms with E-state index in [1.54, 1.807) is 6.07 Å². The summed E-state index contributed by atoms with van der Waals surface area (Å²) in [5.74, 6) is -1.73. The third-order valence-corrected chi connectivity index (χ3v) is 5.19. The first-order chi connectivity index (χ1) is 11.8. The van der Waals surface area contributed by atoms with Gasteiger partial charge < -0.3 is 10.4 Å². The van der Waals surface area contributed by atoms with Gasteiger partial charge in [-0.15, -0.1) is 0 Å². The molecular formula is C18H20F3NO3. The number of hydrogen-bond acceptors (Lipinski definition) is 2. The Morgan fingerprint density at radius 2 is 1.80 bits per heavy atom. The van der Waals surface area contributed by atoms with Gasteiger partial charge in [0.15, 0.2) is 0 Å². The molecule has 1 aromatic carbocycles. The third kappa shape index (κ3) is 4.14. The van der Waals surface area contributed by atoms with E-state index in [-0.39, 0.29) is 29.7 Å². The molecule has 0 spiro atoms. The minimum Gasteiger partial charge on any atom is -0.481 e. The van der Waals surface area contributed by atoms with E-state index in [0.29, 0.717) is 37.7 Å². The molecule has 2 aliphatic carbocycles. The summed E-state index contributed by atoms with van der Waals surface area (Å²) in [5.41, 5.74) is -0.146. The van der Waals surface area contributed by atoms with E-state index in [4.69, 9.17) is 5.11 Å². The zero-order chi connectivity index (χ0) is 18.2. The van der Waals surface area contributed by atoms with E-state index in [1.807, 2.05) is 0 Å². The van der Waals surface area contributed by atoms with Gasteiger partial charge in [0.05, 0.1) is 11.5 Å². The van der Waals surface area contributed by atoms with Gasteiger partial charge in [0.2, 0.25) is 5.91 Å². The van der Waals surface area contributed by atoms with Crippen molar-refractivity contribution in [3.63, 3.8) is 0 Å². The van der Waals surface area contributed by atoms with Gasteiger partial charge in [0.1, 0.15) is 0 Å². The molecule has 2 aliphatic rings. The lowest BCUT2D eigenvalue weighted by atomic mass is 9.86. The number of hydrogen-bond donors (Lipinski definition) is 2. The summed E-state index contributed by atoms with van der Waals surface area (Å²) in [5, 5.41) is 11.9. The number of carbonyl (C=O) groups excluding carboxylic acids is 1. The smallest absolute Gasteiger partial charge is 0.416 e. The van der Waals surface area contributed by atoms with Crippen molar-refractivity contribution in [3.8, 4) is 0 Å². The molecule has 2 fully saturated rings. The van der Waals surface area contributed by atoms with Crippen molar-refractivity contribution in [2.24, 2.45) is 11.8 Å². The highest BCUT2D eigenvalue weighted by atomic mass is 19.4. The number of amides is 1. The molecule has 0 radical (unpaired) electrons. The lowest BCUT2D eigenvalue weighted by Crippen LogP contribution is -2.39. The van der Waals surface area contributed by atoms with Crippen LogP contribution in [-0.2, 0) is 15.8 Å². The molecule has 1 amide bonds. The van der Waals surface area contributed by atoms with Gasteiger partial charge in [-0.1, -0.05) is 18.2 Å². The largest absolute Gasteiger partial charge is 0.481 e. The van der Waals surface area contributed by atoms with Crippen LogP contribution in [0.1, 0.15) is 49.1 Å². The minimum absolute atomic E-state index is 0.0362.